The van der Waals surface area contributed by atoms with E-state index in [-0.39, 0.29) is 5.41 Å². The Labute approximate surface area is 131 Å². The van der Waals surface area contributed by atoms with Crippen LogP contribution in [0.25, 0.3) is 0 Å². The van der Waals surface area contributed by atoms with Gasteiger partial charge in [-0.05, 0) is 41.7 Å². The average molecular weight is 304 g/mol. The first-order chi connectivity index (χ1) is 9.92. The summed E-state index contributed by atoms with van der Waals surface area (Å²) in [5.74, 6) is 0.847. The molecule has 0 aliphatic rings. The van der Waals surface area contributed by atoms with E-state index in [1.165, 1.54) is 5.56 Å². The SMILES string of the molecule is CCC(C)(C)c1ccc(OCc2ccc(Cl)cc2N)cc1. The Hall–Kier alpha value is -1.67. The molecule has 0 radical (unpaired) electrons. The summed E-state index contributed by atoms with van der Waals surface area (Å²) < 4.78 is 5.79. The minimum atomic E-state index is 0.194. The molecule has 2 nitrogen and oxygen atoms in total. The van der Waals surface area contributed by atoms with Crippen LogP contribution in [-0.4, -0.2) is 0 Å². The van der Waals surface area contributed by atoms with Crippen molar-refractivity contribution in [3.05, 3.63) is 58.6 Å². The van der Waals surface area contributed by atoms with Crippen LogP contribution < -0.4 is 10.5 Å². The summed E-state index contributed by atoms with van der Waals surface area (Å²) in [6.45, 7) is 7.14. The number of nitrogens with two attached hydrogens (primary N) is 1. The van der Waals surface area contributed by atoms with Gasteiger partial charge >= 0.3 is 0 Å². The predicted molar refractivity (Wildman–Crippen MR) is 90.0 cm³/mol. The fourth-order valence-corrected chi connectivity index (χ4v) is 2.25. The van der Waals surface area contributed by atoms with Crippen molar-refractivity contribution in [2.24, 2.45) is 0 Å². The molecule has 0 bridgehead atoms. The summed E-state index contributed by atoms with van der Waals surface area (Å²) in [5.41, 5.74) is 9.04. The molecule has 0 amide bonds. The highest BCUT2D eigenvalue weighted by atomic mass is 35.5. The van der Waals surface area contributed by atoms with Crippen molar-refractivity contribution in [3.63, 3.8) is 0 Å². The van der Waals surface area contributed by atoms with Crippen molar-refractivity contribution < 1.29 is 4.74 Å². The monoisotopic (exact) mass is 303 g/mol. The highest BCUT2D eigenvalue weighted by Crippen LogP contribution is 2.28. The molecule has 0 atom stereocenters. The van der Waals surface area contributed by atoms with Crippen LogP contribution in [0.2, 0.25) is 5.02 Å². The van der Waals surface area contributed by atoms with Crippen molar-refractivity contribution in [2.75, 3.05) is 5.73 Å². The minimum absolute atomic E-state index is 0.194. The number of ether oxygens (including phenoxy) is 1. The van der Waals surface area contributed by atoms with Crippen LogP contribution in [0.4, 0.5) is 5.69 Å². The van der Waals surface area contributed by atoms with E-state index >= 15 is 0 Å². The molecule has 2 N–H and O–H groups in total. The van der Waals surface area contributed by atoms with Crippen molar-refractivity contribution in [1.29, 1.82) is 0 Å². The Balaban J connectivity index is 2.04. The maximum Gasteiger partial charge on any atom is 0.119 e. The second-order valence-electron chi connectivity index (χ2n) is 5.89. The van der Waals surface area contributed by atoms with Crippen molar-refractivity contribution in [2.45, 2.75) is 39.2 Å². The lowest BCUT2D eigenvalue weighted by Gasteiger charge is -2.23. The molecular weight excluding hydrogens is 282 g/mol. The first kappa shape index (κ1) is 15.7. The van der Waals surface area contributed by atoms with Gasteiger partial charge in [0.2, 0.25) is 0 Å². The van der Waals surface area contributed by atoms with Crippen LogP contribution in [0.15, 0.2) is 42.5 Å². The molecule has 0 aromatic heterocycles. The Morgan fingerprint density at radius 2 is 1.76 bits per heavy atom. The van der Waals surface area contributed by atoms with Crippen LogP contribution in [0.3, 0.4) is 0 Å². The van der Waals surface area contributed by atoms with Gasteiger partial charge in [-0.3, -0.25) is 0 Å². The fourth-order valence-electron chi connectivity index (χ4n) is 2.06. The molecule has 0 saturated heterocycles. The van der Waals surface area contributed by atoms with E-state index in [2.05, 4.69) is 32.9 Å². The zero-order valence-electron chi connectivity index (χ0n) is 12.8. The van der Waals surface area contributed by atoms with Gasteiger partial charge in [-0.1, -0.05) is 50.6 Å². The topological polar surface area (TPSA) is 35.2 Å². The van der Waals surface area contributed by atoms with Crippen LogP contribution in [0, 0.1) is 0 Å². The van der Waals surface area contributed by atoms with E-state index in [4.69, 9.17) is 22.1 Å². The van der Waals surface area contributed by atoms with Gasteiger partial charge in [0.1, 0.15) is 12.4 Å². The van der Waals surface area contributed by atoms with Gasteiger partial charge in [-0.15, -0.1) is 0 Å². The minimum Gasteiger partial charge on any atom is -0.489 e. The number of nitrogen functional groups attached to an aromatic ring is 1. The van der Waals surface area contributed by atoms with E-state index in [1.54, 1.807) is 6.07 Å². The second-order valence-corrected chi connectivity index (χ2v) is 6.33. The Morgan fingerprint density at radius 3 is 2.33 bits per heavy atom. The van der Waals surface area contributed by atoms with Crippen LogP contribution in [0.1, 0.15) is 38.3 Å². The van der Waals surface area contributed by atoms with E-state index in [9.17, 15) is 0 Å². The third-order valence-corrected chi connectivity index (χ3v) is 4.26. The third-order valence-electron chi connectivity index (χ3n) is 4.02. The molecule has 21 heavy (non-hydrogen) atoms. The maximum absolute atomic E-state index is 5.92. The van der Waals surface area contributed by atoms with Crippen molar-refractivity contribution in [1.82, 2.24) is 0 Å². The molecule has 0 spiro atoms. The fraction of sp³-hybridized carbons (Fsp3) is 0.333. The maximum atomic E-state index is 5.92. The molecule has 2 rings (SSSR count). The molecule has 0 aliphatic heterocycles. The summed E-state index contributed by atoms with van der Waals surface area (Å²) in [4.78, 5) is 0. The van der Waals surface area contributed by atoms with Gasteiger partial charge in [-0.25, -0.2) is 0 Å². The lowest BCUT2D eigenvalue weighted by molar-refractivity contribution is 0.306. The molecule has 2 aromatic carbocycles. The number of halogens is 1. The van der Waals surface area contributed by atoms with Crippen molar-refractivity contribution in [3.8, 4) is 5.75 Å². The standard InChI is InChI=1S/C18H22ClNO/c1-4-18(2,3)14-6-9-16(10-7-14)21-12-13-5-8-15(19)11-17(13)20/h5-11H,4,12,20H2,1-3H3. The molecule has 0 heterocycles. The Kier molecular flexibility index (Phi) is 4.79. The molecule has 0 unspecified atom stereocenters. The van der Waals surface area contributed by atoms with Gasteiger partial charge in [0.25, 0.3) is 0 Å². The predicted octanol–water partition coefficient (Wildman–Crippen LogP) is 5.19. The van der Waals surface area contributed by atoms with Gasteiger partial charge in [0, 0.05) is 16.3 Å². The molecule has 0 aliphatic carbocycles. The number of hydrogen-bond donors (Lipinski definition) is 1. The highest BCUT2D eigenvalue weighted by molar-refractivity contribution is 6.30. The molecular formula is C18H22ClNO. The summed E-state index contributed by atoms with van der Waals surface area (Å²) in [6, 6.07) is 13.7. The molecule has 0 fully saturated rings. The highest BCUT2D eigenvalue weighted by Gasteiger charge is 2.17. The molecule has 3 heteroatoms. The lowest BCUT2D eigenvalue weighted by Crippen LogP contribution is -2.15. The quantitative estimate of drug-likeness (QED) is 0.772. The van der Waals surface area contributed by atoms with Crippen molar-refractivity contribution >= 4 is 17.3 Å². The lowest BCUT2D eigenvalue weighted by atomic mass is 9.82. The third kappa shape index (κ3) is 3.92. The molecule has 0 saturated carbocycles. The Morgan fingerprint density at radius 1 is 1.10 bits per heavy atom. The summed E-state index contributed by atoms with van der Waals surface area (Å²) in [6.07, 6.45) is 1.11. The van der Waals surface area contributed by atoms with Gasteiger partial charge in [0.05, 0.1) is 0 Å². The largest absolute Gasteiger partial charge is 0.489 e. The van der Waals surface area contributed by atoms with Crippen LogP contribution in [-0.2, 0) is 12.0 Å². The second kappa shape index (κ2) is 6.40. The van der Waals surface area contributed by atoms with E-state index < -0.39 is 0 Å². The van der Waals surface area contributed by atoms with Gasteiger partial charge < -0.3 is 10.5 Å². The summed E-state index contributed by atoms with van der Waals surface area (Å²) in [5, 5.41) is 0.641. The van der Waals surface area contributed by atoms with E-state index in [0.29, 0.717) is 17.3 Å². The normalized spacial score (nSPS) is 11.4. The van der Waals surface area contributed by atoms with E-state index in [0.717, 1.165) is 17.7 Å². The Bertz CT molecular complexity index is 605. The summed E-state index contributed by atoms with van der Waals surface area (Å²) in [7, 11) is 0. The molecule has 2 aromatic rings. The number of anilines is 1. The summed E-state index contributed by atoms with van der Waals surface area (Å²) >= 11 is 5.89. The van der Waals surface area contributed by atoms with Crippen LogP contribution in [0.5, 0.6) is 5.75 Å². The van der Waals surface area contributed by atoms with Gasteiger partial charge in [0.15, 0.2) is 0 Å². The molecule has 112 valence electrons. The first-order valence-corrected chi connectivity index (χ1v) is 7.57. The van der Waals surface area contributed by atoms with E-state index in [1.807, 2.05) is 24.3 Å². The number of benzene rings is 2. The first-order valence-electron chi connectivity index (χ1n) is 7.19. The number of rotatable bonds is 5. The number of hydrogen-bond acceptors (Lipinski definition) is 2. The zero-order chi connectivity index (χ0) is 15.5. The smallest absolute Gasteiger partial charge is 0.119 e. The van der Waals surface area contributed by atoms with Gasteiger partial charge in [-0.2, -0.15) is 0 Å². The zero-order valence-corrected chi connectivity index (χ0v) is 13.6. The van der Waals surface area contributed by atoms with Crippen LogP contribution >= 0.6 is 11.6 Å². The average Bonchev–Trinajstić information content (AvgIpc) is 2.47.